The van der Waals surface area contributed by atoms with Crippen molar-refractivity contribution >= 4 is 17.8 Å². The highest BCUT2D eigenvalue weighted by Crippen LogP contribution is 2.21. The number of rotatable bonds is 5. The fourth-order valence-corrected chi connectivity index (χ4v) is 3.43. The van der Waals surface area contributed by atoms with Crippen LogP contribution in [0.25, 0.3) is 0 Å². The second-order valence-corrected chi connectivity index (χ2v) is 8.92. The maximum Gasteiger partial charge on any atom is 0.328 e. The molecule has 1 atom stereocenters. The second-order valence-electron chi connectivity index (χ2n) is 8.92. The molecular formula is C22H33N3O5. The molecule has 0 aromatic carbocycles. The van der Waals surface area contributed by atoms with E-state index in [4.69, 9.17) is 4.74 Å². The maximum atomic E-state index is 13.3. The molecule has 8 heteroatoms. The molecule has 2 rings (SSSR count). The summed E-state index contributed by atoms with van der Waals surface area (Å²) >= 11 is 0. The largest absolute Gasteiger partial charge is 0.464 e. The Labute approximate surface area is 177 Å². The highest BCUT2D eigenvalue weighted by atomic mass is 16.5. The van der Waals surface area contributed by atoms with Crippen LogP contribution in [0, 0.1) is 0 Å². The number of aromatic nitrogens is 1. The van der Waals surface area contributed by atoms with Gasteiger partial charge in [0.25, 0.3) is 11.8 Å². The van der Waals surface area contributed by atoms with Crippen LogP contribution in [0.1, 0.15) is 87.6 Å². The summed E-state index contributed by atoms with van der Waals surface area (Å²) in [5.41, 5.74) is -1.36. The number of nitrogens with one attached hydrogen (secondary N) is 1. The first kappa shape index (κ1) is 23.6. The lowest BCUT2D eigenvalue weighted by atomic mass is 10.0. The van der Waals surface area contributed by atoms with Crippen molar-refractivity contribution in [3.63, 3.8) is 0 Å². The van der Waals surface area contributed by atoms with E-state index in [-0.39, 0.29) is 23.8 Å². The van der Waals surface area contributed by atoms with Gasteiger partial charge in [-0.15, -0.1) is 0 Å². The quantitative estimate of drug-likeness (QED) is 0.740. The zero-order chi connectivity index (χ0) is 22.6. The van der Waals surface area contributed by atoms with E-state index in [9.17, 15) is 19.2 Å². The predicted octanol–water partition coefficient (Wildman–Crippen LogP) is 2.52. The molecule has 2 heterocycles. The van der Waals surface area contributed by atoms with E-state index < -0.39 is 34.8 Å². The first-order valence-electron chi connectivity index (χ1n) is 10.5. The van der Waals surface area contributed by atoms with Crippen LogP contribution in [-0.2, 0) is 9.53 Å². The molecule has 1 fully saturated rings. The summed E-state index contributed by atoms with van der Waals surface area (Å²) in [6.45, 7) is 11.5. The third kappa shape index (κ3) is 5.49. The summed E-state index contributed by atoms with van der Waals surface area (Å²) in [5, 5.41) is 2.78. The van der Waals surface area contributed by atoms with Crippen LogP contribution in [0.2, 0.25) is 0 Å². The molecule has 1 N–H and O–H groups in total. The van der Waals surface area contributed by atoms with Gasteiger partial charge in [0, 0.05) is 30.5 Å². The van der Waals surface area contributed by atoms with Gasteiger partial charge < -0.3 is 19.5 Å². The van der Waals surface area contributed by atoms with Crippen LogP contribution in [-0.4, -0.2) is 52.0 Å². The molecule has 30 heavy (non-hydrogen) atoms. The number of hydrogen-bond donors (Lipinski definition) is 1. The molecular weight excluding hydrogens is 386 g/mol. The van der Waals surface area contributed by atoms with E-state index in [0.29, 0.717) is 13.0 Å². The van der Waals surface area contributed by atoms with Crippen molar-refractivity contribution in [2.24, 2.45) is 0 Å². The third-order valence-electron chi connectivity index (χ3n) is 4.93. The van der Waals surface area contributed by atoms with Crippen LogP contribution in [0.5, 0.6) is 0 Å². The minimum Gasteiger partial charge on any atom is -0.464 e. The minimum absolute atomic E-state index is 0.0689. The lowest BCUT2D eigenvalue weighted by Crippen LogP contribution is -2.50. The maximum absolute atomic E-state index is 13.3. The van der Waals surface area contributed by atoms with Gasteiger partial charge in [0.05, 0.1) is 6.61 Å². The summed E-state index contributed by atoms with van der Waals surface area (Å²) in [4.78, 5) is 53.0. The Morgan fingerprint density at radius 2 is 1.80 bits per heavy atom. The number of amides is 2. The predicted molar refractivity (Wildman–Crippen MR) is 114 cm³/mol. The van der Waals surface area contributed by atoms with Crippen LogP contribution in [0.3, 0.4) is 0 Å². The van der Waals surface area contributed by atoms with Gasteiger partial charge in [0.1, 0.15) is 17.2 Å². The molecule has 0 bridgehead atoms. The zero-order valence-corrected chi connectivity index (χ0v) is 18.8. The molecule has 166 valence electrons. The smallest absolute Gasteiger partial charge is 0.328 e. The Morgan fingerprint density at radius 3 is 2.37 bits per heavy atom. The van der Waals surface area contributed by atoms with Crippen molar-refractivity contribution in [2.75, 3.05) is 13.2 Å². The van der Waals surface area contributed by atoms with Crippen molar-refractivity contribution in [1.82, 2.24) is 14.8 Å². The molecule has 1 saturated heterocycles. The number of nitrogens with zero attached hydrogens (tertiary/aromatic N) is 2. The average Bonchev–Trinajstić information content (AvgIpc) is 2.66. The Bertz CT molecular complexity index is 867. The van der Waals surface area contributed by atoms with Gasteiger partial charge in [-0.1, -0.05) is 0 Å². The Hall–Kier alpha value is -2.64. The number of likely N-dealkylation sites (tertiary alicyclic amines) is 1. The molecule has 1 aromatic rings. The van der Waals surface area contributed by atoms with Gasteiger partial charge in [0.15, 0.2) is 0 Å². The number of pyridine rings is 1. The Balaban J connectivity index is 2.51. The Kier molecular flexibility index (Phi) is 7.44. The molecule has 0 radical (unpaired) electrons. The van der Waals surface area contributed by atoms with Crippen LogP contribution in [0.4, 0.5) is 0 Å². The van der Waals surface area contributed by atoms with Crippen LogP contribution >= 0.6 is 0 Å². The van der Waals surface area contributed by atoms with E-state index in [2.05, 4.69) is 5.32 Å². The topological polar surface area (TPSA) is 97.7 Å². The van der Waals surface area contributed by atoms with Crippen molar-refractivity contribution in [1.29, 1.82) is 0 Å². The Morgan fingerprint density at radius 1 is 1.17 bits per heavy atom. The zero-order valence-electron chi connectivity index (χ0n) is 18.8. The summed E-state index contributed by atoms with van der Waals surface area (Å²) in [6, 6.07) is -0.786. The lowest BCUT2D eigenvalue weighted by Gasteiger charge is -2.34. The van der Waals surface area contributed by atoms with Crippen molar-refractivity contribution < 1.29 is 19.1 Å². The minimum atomic E-state index is -0.717. The van der Waals surface area contributed by atoms with Crippen molar-refractivity contribution in [3.05, 3.63) is 33.7 Å². The number of carbonyl (C=O) groups excluding carboxylic acids is 3. The third-order valence-corrected chi connectivity index (χ3v) is 4.93. The van der Waals surface area contributed by atoms with Gasteiger partial charge in [-0.3, -0.25) is 14.4 Å². The summed E-state index contributed by atoms with van der Waals surface area (Å²) < 4.78 is 6.80. The van der Waals surface area contributed by atoms with E-state index in [1.165, 1.54) is 17.3 Å². The normalized spacial score (nSPS) is 17.0. The molecule has 1 aliphatic rings. The number of carbonyl (C=O) groups is 3. The molecule has 8 nitrogen and oxygen atoms in total. The highest BCUT2D eigenvalue weighted by Gasteiger charge is 2.35. The molecule has 0 saturated carbocycles. The average molecular weight is 420 g/mol. The van der Waals surface area contributed by atoms with E-state index in [0.717, 1.165) is 12.8 Å². The summed E-state index contributed by atoms with van der Waals surface area (Å²) in [7, 11) is 0. The van der Waals surface area contributed by atoms with Crippen LogP contribution in [0.15, 0.2) is 17.2 Å². The molecule has 1 unspecified atom stereocenters. The van der Waals surface area contributed by atoms with Crippen LogP contribution < -0.4 is 10.7 Å². The number of esters is 1. The monoisotopic (exact) mass is 419 g/mol. The molecule has 2 amide bonds. The lowest BCUT2D eigenvalue weighted by molar-refractivity contribution is -0.149. The number of ether oxygens (including phenoxy) is 1. The van der Waals surface area contributed by atoms with E-state index in [1.807, 2.05) is 34.6 Å². The van der Waals surface area contributed by atoms with Crippen molar-refractivity contribution in [2.45, 2.75) is 78.4 Å². The van der Waals surface area contributed by atoms with E-state index in [1.54, 1.807) is 11.5 Å². The van der Waals surface area contributed by atoms with Gasteiger partial charge in [-0.2, -0.15) is 0 Å². The van der Waals surface area contributed by atoms with Gasteiger partial charge in [0.2, 0.25) is 5.43 Å². The first-order valence-corrected chi connectivity index (χ1v) is 10.5. The molecule has 0 aliphatic carbocycles. The second kappa shape index (κ2) is 9.45. The molecule has 1 aromatic heterocycles. The number of piperidine rings is 1. The standard InChI is InChI=1S/C22H33N3O5/c1-7-30-21(29)17-10-8-9-11-25(17)20(28)16-13-24(14(2)3)12-15(18(16)26)19(27)23-22(4,5)6/h12-14,17H,7-11H2,1-6H3,(H,23,27). The summed E-state index contributed by atoms with van der Waals surface area (Å²) in [5.74, 6) is -1.54. The molecule has 1 aliphatic heterocycles. The van der Waals surface area contributed by atoms with Gasteiger partial charge >= 0.3 is 5.97 Å². The first-order chi connectivity index (χ1) is 14.0. The fourth-order valence-electron chi connectivity index (χ4n) is 3.43. The van der Waals surface area contributed by atoms with Crippen molar-refractivity contribution in [3.8, 4) is 0 Å². The van der Waals surface area contributed by atoms with Gasteiger partial charge in [-0.25, -0.2) is 4.79 Å². The number of hydrogen-bond acceptors (Lipinski definition) is 5. The van der Waals surface area contributed by atoms with E-state index >= 15 is 0 Å². The molecule has 0 spiro atoms. The highest BCUT2D eigenvalue weighted by molar-refractivity contribution is 6.00. The fraction of sp³-hybridized carbons (Fsp3) is 0.636. The summed E-state index contributed by atoms with van der Waals surface area (Å²) in [6.07, 6.45) is 4.98. The SMILES string of the molecule is CCOC(=O)C1CCCCN1C(=O)c1cn(C(C)C)cc(C(=O)NC(C)(C)C)c1=O. The van der Waals surface area contributed by atoms with Gasteiger partial charge in [-0.05, 0) is 60.8 Å².